The van der Waals surface area contributed by atoms with E-state index in [0.717, 1.165) is 5.56 Å². The van der Waals surface area contributed by atoms with Crippen molar-refractivity contribution in [3.63, 3.8) is 0 Å². The number of nitrogens with one attached hydrogen (secondary N) is 1. The summed E-state index contributed by atoms with van der Waals surface area (Å²) in [5, 5.41) is 14.6. The van der Waals surface area contributed by atoms with Crippen molar-refractivity contribution in [2.45, 2.75) is 58.0 Å². The average Bonchev–Trinajstić information content (AvgIpc) is 2.48. The molecule has 2 atom stereocenters. The zero-order valence-corrected chi connectivity index (χ0v) is 12.3. The third kappa shape index (κ3) is 3.57. The molecular formula is C16H24N2O2. The van der Waals surface area contributed by atoms with E-state index in [9.17, 15) is 10.1 Å². The minimum atomic E-state index is -0.293. The minimum Gasteiger partial charge on any atom is -0.307 e. The number of para-hydroxylation sites is 1. The van der Waals surface area contributed by atoms with Gasteiger partial charge in [0.05, 0.1) is 4.92 Å². The summed E-state index contributed by atoms with van der Waals surface area (Å²) in [6, 6.07) is 7.44. The van der Waals surface area contributed by atoms with Gasteiger partial charge in [0.2, 0.25) is 0 Å². The van der Waals surface area contributed by atoms with Crippen LogP contribution in [0.4, 0.5) is 5.69 Å². The lowest BCUT2D eigenvalue weighted by molar-refractivity contribution is -0.385. The molecule has 20 heavy (non-hydrogen) atoms. The predicted molar refractivity (Wildman–Crippen MR) is 80.7 cm³/mol. The maximum Gasteiger partial charge on any atom is 0.274 e. The van der Waals surface area contributed by atoms with Gasteiger partial charge in [0.15, 0.2) is 0 Å². The van der Waals surface area contributed by atoms with Crippen LogP contribution in [-0.2, 0) is 0 Å². The fourth-order valence-corrected chi connectivity index (χ4v) is 3.27. The van der Waals surface area contributed by atoms with Crippen LogP contribution in [0.5, 0.6) is 0 Å². The second-order valence-electron chi connectivity index (χ2n) is 5.89. The highest BCUT2D eigenvalue weighted by molar-refractivity contribution is 5.41. The van der Waals surface area contributed by atoms with E-state index in [-0.39, 0.29) is 16.7 Å². The van der Waals surface area contributed by atoms with Gasteiger partial charge in [-0.05, 0) is 32.6 Å². The Kier molecular flexibility index (Phi) is 5.12. The summed E-state index contributed by atoms with van der Waals surface area (Å²) in [6.45, 7) is 4.23. The first kappa shape index (κ1) is 15.0. The number of rotatable bonds is 5. The summed E-state index contributed by atoms with van der Waals surface area (Å²) >= 11 is 0. The zero-order chi connectivity index (χ0) is 14.5. The Bertz CT molecular complexity index is 456. The van der Waals surface area contributed by atoms with Crippen LogP contribution in [0.25, 0.3) is 0 Å². The quantitative estimate of drug-likeness (QED) is 0.647. The summed E-state index contributed by atoms with van der Waals surface area (Å²) < 4.78 is 0. The van der Waals surface area contributed by atoms with E-state index in [2.05, 4.69) is 12.2 Å². The molecule has 0 aromatic heterocycles. The second kappa shape index (κ2) is 6.84. The van der Waals surface area contributed by atoms with Crippen LogP contribution in [0.1, 0.15) is 57.6 Å². The first-order valence-corrected chi connectivity index (χ1v) is 7.59. The smallest absolute Gasteiger partial charge is 0.274 e. The molecule has 1 fully saturated rings. The molecule has 1 aromatic rings. The van der Waals surface area contributed by atoms with E-state index in [1.54, 1.807) is 12.1 Å². The lowest BCUT2D eigenvalue weighted by Gasteiger charge is -2.30. The fraction of sp³-hybridized carbons (Fsp3) is 0.625. The Morgan fingerprint density at radius 3 is 2.50 bits per heavy atom. The second-order valence-corrected chi connectivity index (χ2v) is 5.89. The average molecular weight is 276 g/mol. The Morgan fingerprint density at radius 2 is 1.85 bits per heavy atom. The van der Waals surface area contributed by atoms with E-state index in [1.807, 2.05) is 19.1 Å². The zero-order valence-electron chi connectivity index (χ0n) is 12.3. The summed E-state index contributed by atoms with van der Waals surface area (Å²) in [5.41, 5.74) is 0.989. The number of hydrogen-bond donors (Lipinski definition) is 1. The monoisotopic (exact) mass is 276 g/mol. The standard InChI is InChI=1S/C16H24N2O2/c1-12(14-8-4-3-5-9-14)17-13(2)15-10-6-7-11-16(15)18(19)20/h6-7,10-14,17H,3-5,8-9H2,1-2H3/t12-,13?/m0/s1. The number of hydrogen-bond acceptors (Lipinski definition) is 3. The van der Waals surface area contributed by atoms with Gasteiger partial charge in [0.1, 0.15) is 0 Å². The summed E-state index contributed by atoms with van der Waals surface area (Å²) in [4.78, 5) is 10.8. The lowest BCUT2D eigenvalue weighted by Crippen LogP contribution is -2.36. The maximum absolute atomic E-state index is 11.1. The minimum absolute atomic E-state index is 0.00789. The Labute approximate surface area is 120 Å². The number of nitro groups is 1. The molecule has 110 valence electrons. The highest BCUT2D eigenvalue weighted by Gasteiger charge is 2.24. The van der Waals surface area contributed by atoms with E-state index < -0.39 is 0 Å². The van der Waals surface area contributed by atoms with Gasteiger partial charge >= 0.3 is 0 Å². The largest absolute Gasteiger partial charge is 0.307 e. The third-order valence-electron chi connectivity index (χ3n) is 4.47. The molecule has 0 saturated heterocycles. The molecule has 4 heteroatoms. The molecule has 1 aliphatic rings. The topological polar surface area (TPSA) is 55.2 Å². The van der Waals surface area contributed by atoms with Gasteiger partial charge in [0, 0.05) is 23.7 Å². The molecule has 4 nitrogen and oxygen atoms in total. The molecule has 0 heterocycles. The Balaban J connectivity index is 2.04. The molecule has 0 aliphatic heterocycles. The van der Waals surface area contributed by atoms with Crippen LogP contribution >= 0.6 is 0 Å². The Hall–Kier alpha value is -1.42. The molecule has 0 bridgehead atoms. The van der Waals surface area contributed by atoms with Crippen LogP contribution in [0.15, 0.2) is 24.3 Å². The lowest BCUT2D eigenvalue weighted by atomic mass is 9.84. The van der Waals surface area contributed by atoms with Gasteiger partial charge in [-0.15, -0.1) is 0 Å². The van der Waals surface area contributed by atoms with Crippen LogP contribution in [0, 0.1) is 16.0 Å². The molecule has 0 amide bonds. The van der Waals surface area contributed by atoms with Crippen molar-refractivity contribution in [1.29, 1.82) is 0 Å². The Morgan fingerprint density at radius 1 is 1.20 bits per heavy atom. The summed E-state index contributed by atoms with van der Waals surface area (Å²) in [5.74, 6) is 0.703. The molecule has 1 aliphatic carbocycles. The number of benzene rings is 1. The van der Waals surface area contributed by atoms with E-state index in [0.29, 0.717) is 12.0 Å². The van der Waals surface area contributed by atoms with Gasteiger partial charge in [-0.2, -0.15) is 0 Å². The number of nitro benzene ring substituents is 1. The van der Waals surface area contributed by atoms with Crippen molar-refractivity contribution in [3.8, 4) is 0 Å². The van der Waals surface area contributed by atoms with Crippen molar-refractivity contribution in [2.75, 3.05) is 0 Å². The van der Waals surface area contributed by atoms with Crippen LogP contribution < -0.4 is 5.32 Å². The third-order valence-corrected chi connectivity index (χ3v) is 4.47. The van der Waals surface area contributed by atoms with Gasteiger partial charge < -0.3 is 5.32 Å². The van der Waals surface area contributed by atoms with Crippen LogP contribution in [0.3, 0.4) is 0 Å². The summed E-state index contributed by atoms with van der Waals surface area (Å²) in [6.07, 6.45) is 6.53. The SMILES string of the molecule is CC(N[C@@H](C)C1CCCCC1)c1ccccc1[N+](=O)[O-]. The van der Waals surface area contributed by atoms with Crippen molar-refractivity contribution >= 4 is 5.69 Å². The first-order chi connectivity index (χ1) is 9.59. The molecule has 1 N–H and O–H groups in total. The maximum atomic E-state index is 11.1. The normalized spacial score (nSPS) is 19.5. The highest BCUT2D eigenvalue weighted by Crippen LogP contribution is 2.29. The van der Waals surface area contributed by atoms with Gasteiger partial charge in [-0.3, -0.25) is 10.1 Å². The van der Waals surface area contributed by atoms with E-state index >= 15 is 0 Å². The molecular weight excluding hydrogens is 252 g/mol. The van der Waals surface area contributed by atoms with Crippen molar-refractivity contribution in [1.82, 2.24) is 5.32 Å². The molecule has 0 spiro atoms. The molecule has 2 rings (SSSR count). The highest BCUT2D eigenvalue weighted by atomic mass is 16.6. The molecule has 1 aromatic carbocycles. The van der Waals surface area contributed by atoms with Gasteiger partial charge in [-0.1, -0.05) is 37.5 Å². The van der Waals surface area contributed by atoms with Gasteiger partial charge in [0.25, 0.3) is 5.69 Å². The molecule has 1 unspecified atom stereocenters. The first-order valence-electron chi connectivity index (χ1n) is 7.59. The molecule has 0 radical (unpaired) electrons. The predicted octanol–water partition coefficient (Wildman–Crippen LogP) is 4.21. The van der Waals surface area contributed by atoms with Crippen LogP contribution in [-0.4, -0.2) is 11.0 Å². The van der Waals surface area contributed by atoms with Crippen molar-refractivity contribution in [2.24, 2.45) is 5.92 Å². The van der Waals surface area contributed by atoms with Crippen LogP contribution in [0.2, 0.25) is 0 Å². The van der Waals surface area contributed by atoms with Crippen molar-refractivity contribution in [3.05, 3.63) is 39.9 Å². The van der Waals surface area contributed by atoms with E-state index in [4.69, 9.17) is 0 Å². The summed E-state index contributed by atoms with van der Waals surface area (Å²) in [7, 11) is 0. The van der Waals surface area contributed by atoms with Crippen molar-refractivity contribution < 1.29 is 4.92 Å². The van der Waals surface area contributed by atoms with E-state index in [1.165, 1.54) is 32.1 Å². The van der Waals surface area contributed by atoms with Gasteiger partial charge in [-0.25, -0.2) is 0 Å². The fourth-order valence-electron chi connectivity index (χ4n) is 3.27. The number of nitrogens with zero attached hydrogens (tertiary/aromatic N) is 1. The molecule has 1 saturated carbocycles.